The SMILES string of the molecule is CCC(C(=O)NC1CCCCC1)N(Cc1ccc(C)cc1)C(=O)CCc1ccc2c(c1)OCCO2. The van der Waals surface area contributed by atoms with Crippen LogP contribution in [0.4, 0.5) is 0 Å². The molecule has 0 spiro atoms. The van der Waals surface area contributed by atoms with E-state index in [2.05, 4.69) is 17.4 Å². The van der Waals surface area contributed by atoms with Gasteiger partial charge in [0.15, 0.2) is 11.5 Å². The van der Waals surface area contributed by atoms with Crippen LogP contribution in [-0.2, 0) is 22.6 Å². The second kappa shape index (κ2) is 12.1. The van der Waals surface area contributed by atoms with Crippen molar-refractivity contribution in [2.45, 2.75) is 83.8 Å². The van der Waals surface area contributed by atoms with Crippen LogP contribution >= 0.6 is 0 Å². The Labute approximate surface area is 209 Å². The summed E-state index contributed by atoms with van der Waals surface area (Å²) in [7, 11) is 0. The third-order valence-electron chi connectivity index (χ3n) is 7.05. The van der Waals surface area contributed by atoms with Crippen LogP contribution in [0.5, 0.6) is 11.5 Å². The number of nitrogens with one attached hydrogen (secondary N) is 1. The van der Waals surface area contributed by atoms with Crippen molar-refractivity contribution in [2.24, 2.45) is 0 Å². The highest BCUT2D eigenvalue weighted by Crippen LogP contribution is 2.31. The van der Waals surface area contributed by atoms with Crippen LogP contribution in [0, 0.1) is 6.92 Å². The van der Waals surface area contributed by atoms with Crippen molar-refractivity contribution in [3.8, 4) is 11.5 Å². The van der Waals surface area contributed by atoms with Crippen LogP contribution in [0.2, 0.25) is 0 Å². The molecule has 4 rings (SSSR count). The van der Waals surface area contributed by atoms with Gasteiger partial charge in [-0.3, -0.25) is 9.59 Å². The van der Waals surface area contributed by atoms with Crippen LogP contribution < -0.4 is 14.8 Å². The van der Waals surface area contributed by atoms with Crippen molar-refractivity contribution in [1.29, 1.82) is 0 Å². The Bertz CT molecular complexity index is 998. The minimum atomic E-state index is -0.481. The maximum atomic E-state index is 13.6. The van der Waals surface area contributed by atoms with E-state index in [4.69, 9.17) is 9.47 Å². The number of amides is 2. The topological polar surface area (TPSA) is 67.9 Å². The molecule has 1 fully saturated rings. The first kappa shape index (κ1) is 25.1. The lowest BCUT2D eigenvalue weighted by Gasteiger charge is -2.33. The number of rotatable bonds is 9. The van der Waals surface area contributed by atoms with Gasteiger partial charge < -0.3 is 19.7 Å². The van der Waals surface area contributed by atoms with E-state index in [1.54, 1.807) is 4.90 Å². The predicted molar refractivity (Wildman–Crippen MR) is 137 cm³/mol. The number of fused-ring (bicyclic) bond motifs is 1. The molecule has 2 aromatic rings. The van der Waals surface area contributed by atoms with Gasteiger partial charge in [-0.2, -0.15) is 0 Å². The molecule has 6 nitrogen and oxygen atoms in total. The Morgan fingerprint density at radius 1 is 0.971 bits per heavy atom. The van der Waals surface area contributed by atoms with Crippen molar-refractivity contribution >= 4 is 11.8 Å². The van der Waals surface area contributed by atoms with Crippen LogP contribution in [0.3, 0.4) is 0 Å². The van der Waals surface area contributed by atoms with Gasteiger partial charge in [0.05, 0.1) is 0 Å². The van der Waals surface area contributed by atoms with Gasteiger partial charge in [0, 0.05) is 19.0 Å². The first-order valence-corrected chi connectivity index (χ1v) is 13.1. The lowest BCUT2D eigenvalue weighted by atomic mass is 9.95. The molecule has 2 amide bonds. The van der Waals surface area contributed by atoms with E-state index in [0.717, 1.165) is 48.3 Å². The van der Waals surface area contributed by atoms with Crippen molar-refractivity contribution in [3.05, 3.63) is 59.2 Å². The highest BCUT2D eigenvalue weighted by atomic mass is 16.6. The van der Waals surface area contributed by atoms with Crippen LogP contribution in [-0.4, -0.2) is 42.0 Å². The van der Waals surface area contributed by atoms with Crippen molar-refractivity contribution in [2.75, 3.05) is 13.2 Å². The Balaban J connectivity index is 1.47. The van der Waals surface area contributed by atoms with E-state index in [9.17, 15) is 9.59 Å². The van der Waals surface area contributed by atoms with E-state index < -0.39 is 6.04 Å². The molecule has 1 unspecified atom stereocenters. The molecule has 1 aliphatic carbocycles. The highest BCUT2D eigenvalue weighted by molar-refractivity contribution is 5.88. The Morgan fingerprint density at radius 3 is 2.37 bits per heavy atom. The van der Waals surface area contributed by atoms with E-state index in [1.165, 1.54) is 12.0 Å². The van der Waals surface area contributed by atoms with Gasteiger partial charge in [0.2, 0.25) is 11.8 Å². The third kappa shape index (κ3) is 6.77. The molecule has 6 heteroatoms. The number of aryl methyl sites for hydroxylation is 2. The van der Waals surface area contributed by atoms with E-state index >= 15 is 0 Å². The summed E-state index contributed by atoms with van der Waals surface area (Å²) < 4.78 is 11.3. The summed E-state index contributed by atoms with van der Waals surface area (Å²) >= 11 is 0. The summed E-state index contributed by atoms with van der Waals surface area (Å²) in [5.41, 5.74) is 3.23. The first-order chi connectivity index (χ1) is 17.0. The molecule has 188 valence electrons. The molecule has 1 saturated carbocycles. The maximum absolute atomic E-state index is 13.6. The fraction of sp³-hybridized carbons (Fsp3) is 0.517. The Hall–Kier alpha value is -3.02. The standard InChI is InChI=1S/C29H38N2O4/c1-3-25(29(33)30-24-7-5-4-6-8-24)31(20-23-11-9-21(2)10-12-23)28(32)16-14-22-13-15-26-27(19-22)35-18-17-34-26/h9-13,15,19,24-25H,3-8,14,16-18,20H2,1-2H3,(H,30,33). The molecular weight excluding hydrogens is 440 g/mol. The molecule has 1 atom stereocenters. The van der Waals surface area contributed by atoms with Crippen LogP contribution in [0.15, 0.2) is 42.5 Å². The lowest BCUT2D eigenvalue weighted by molar-refractivity contribution is -0.141. The Kier molecular flexibility index (Phi) is 8.67. The van der Waals surface area contributed by atoms with Crippen molar-refractivity contribution in [3.63, 3.8) is 0 Å². The average Bonchev–Trinajstić information content (AvgIpc) is 2.88. The van der Waals surface area contributed by atoms with Gasteiger partial charge in [0.25, 0.3) is 0 Å². The molecular formula is C29H38N2O4. The normalized spacial score (nSPS) is 16.4. The maximum Gasteiger partial charge on any atom is 0.243 e. The number of ether oxygens (including phenoxy) is 2. The summed E-state index contributed by atoms with van der Waals surface area (Å²) in [6.45, 7) is 5.55. The summed E-state index contributed by atoms with van der Waals surface area (Å²) in [5, 5.41) is 3.24. The molecule has 1 heterocycles. The monoisotopic (exact) mass is 478 g/mol. The second-order valence-electron chi connectivity index (χ2n) is 9.75. The molecule has 0 saturated heterocycles. The largest absolute Gasteiger partial charge is 0.486 e. The van der Waals surface area contributed by atoms with Crippen molar-refractivity contribution in [1.82, 2.24) is 10.2 Å². The zero-order chi connectivity index (χ0) is 24.6. The van der Waals surface area contributed by atoms with E-state index in [0.29, 0.717) is 39.0 Å². The summed E-state index contributed by atoms with van der Waals surface area (Å²) in [6, 6.07) is 13.8. The smallest absolute Gasteiger partial charge is 0.243 e. The second-order valence-corrected chi connectivity index (χ2v) is 9.75. The lowest BCUT2D eigenvalue weighted by Crippen LogP contribution is -2.51. The minimum Gasteiger partial charge on any atom is -0.486 e. The number of hydrogen-bond donors (Lipinski definition) is 1. The summed E-state index contributed by atoms with van der Waals surface area (Å²) in [4.78, 5) is 28.7. The fourth-order valence-corrected chi connectivity index (χ4v) is 4.99. The number of hydrogen-bond acceptors (Lipinski definition) is 4. The quantitative estimate of drug-likeness (QED) is 0.553. The Morgan fingerprint density at radius 2 is 1.66 bits per heavy atom. The summed E-state index contributed by atoms with van der Waals surface area (Å²) in [6.07, 6.45) is 7.10. The van der Waals surface area contributed by atoms with Gasteiger partial charge in [0.1, 0.15) is 19.3 Å². The average molecular weight is 479 g/mol. The van der Waals surface area contributed by atoms with Gasteiger partial charge >= 0.3 is 0 Å². The van der Waals surface area contributed by atoms with Gasteiger partial charge in [-0.1, -0.05) is 62.1 Å². The van der Waals surface area contributed by atoms with Gasteiger partial charge in [-0.15, -0.1) is 0 Å². The predicted octanol–water partition coefficient (Wildman–Crippen LogP) is 4.96. The summed E-state index contributed by atoms with van der Waals surface area (Å²) in [5.74, 6) is 1.44. The molecule has 1 aliphatic heterocycles. The molecule has 0 bridgehead atoms. The number of benzene rings is 2. The van der Waals surface area contributed by atoms with Gasteiger partial charge in [-0.25, -0.2) is 0 Å². The molecule has 35 heavy (non-hydrogen) atoms. The van der Waals surface area contributed by atoms with E-state index in [1.807, 2.05) is 44.2 Å². The molecule has 1 N–H and O–H groups in total. The molecule has 2 aliphatic rings. The number of carbonyl (C=O) groups excluding carboxylic acids is 2. The highest BCUT2D eigenvalue weighted by Gasteiger charge is 2.30. The minimum absolute atomic E-state index is 0.00823. The third-order valence-corrected chi connectivity index (χ3v) is 7.05. The number of nitrogens with zero attached hydrogens (tertiary/aromatic N) is 1. The zero-order valence-corrected chi connectivity index (χ0v) is 21.1. The first-order valence-electron chi connectivity index (χ1n) is 13.1. The zero-order valence-electron chi connectivity index (χ0n) is 21.1. The molecule has 0 radical (unpaired) electrons. The molecule has 2 aromatic carbocycles. The van der Waals surface area contributed by atoms with Crippen LogP contribution in [0.25, 0.3) is 0 Å². The van der Waals surface area contributed by atoms with E-state index in [-0.39, 0.29) is 17.9 Å². The van der Waals surface area contributed by atoms with Crippen molar-refractivity contribution < 1.29 is 19.1 Å². The van der Waals surface area contributed by atoms with Crippen LogP contribution in [0.1, 0.15) is 68.6 Å². The molecule has 0 aromatic heterocycles. The van der Waals surface area contributed by atoms with Gasteiger partial charge in [-0.05, 0) is 55.9 Å². The number of carbonyl (C=O) groups is 2. The fourth-order valence-electron chi connectivity index (χ4n) is 4.99.